The fourth-order valence-corrected chi connectivity index (χ4v) is 6.76. The van der Waals surface area contributed by atoms with E-state index in [9.17, 15) is 9.59 Å². The summed E-state index contributed by atoms with van der Waals surface area (Å²) in [5, 5.41) is 0. The van der Waals surface area contributed by atoms with Gasteiger partial charge in [-0.3, -0.25) is 4.79 Å². The number of anilines is 1. The first-order valence-electron chi connectivity index (χ1n) is 12.5. The Balaban J connectivity index is 1.68. The van der Waals surface area contributed by atoms with E-state index in [0.717, 1.165) is 38.5 Å². The summed E-state index contributed by atoms with van der Waals surface area (Å²) < 4.78 is 16.3. The SMILES string of the molecule is COC(=O)c1sc(C2CCC(C)(C)CC2)cc1N(C(=O)C1CCC(C)CC1)C1COCOC1. The molecule has 33 heavy (non-hydrogen) atoms. The lowest BCUT2D eigenvalue weighted by Gasteiger charge is -2.37. The highest BCUT2D eigenvalue weighted by molar-refractivity contribution is 7.14. The van der Waals surface area contributed by atoms with Crippen molar-refractivity contribution in [3.63, 3.8) is 0 Å². The lowest BCUT2D eigenvalue weighted by Crippen LogP contribution is -2.51. The lowest BCUT2D eigenvalue weighted by atomic mass is 9.73. The van der Waals surface area contributed by atoms with Gasteiger partial charge < -0.3 is 19.1 Å². The maximum Gasteiger partial charge on any atom is 0.350 e. The van der Waals surface area contributed by atoms with E-state index in [2.05, 4.69) is 26.8 Å². The van der Waals surface area contributed by atoms with Crippen molar-refractivity contribution in [1.29, 1.82) is 0 Å². The molecule has 1 aliphatic heterocycles. The minimum absolute atomic E-state index is 0.0209. The van der Waals surface area contributed by atoms with E-state index < -0.39 is 0 Å². The average molecular weight is 478 g/mol. The van der Waals surface area contributed by atoms with Crippen LogP contribution in [0.2, 0.25) is 0 Å². The van der Waals surface area contributed by atoms with Crippen LogP contribution >= 0.6 is 11.3 Å². The molecule has 1 aromatic rings. The van der Waals surface area contributed by atoms with Crippen molar-refractivity contribution in [2.75, 3.05) is 32.0 Å². The van der Waals surface area contributed by atoms with Gasteiger partial charge in [-0.15, -0.1) is 11.3 Å². The zero-order valence-electron chi connectivity index (χ0n) is 20.6. The van der Waals surface area contributed by atoms with Crippen LogP contribution in [-0.2, 0) is 19.0 Å². The standard InChI is InChI=1S/C26H39NO5S/c1-17-5-7-19(8-6-17)24(28)27(20-14-31-16-32-15-20)21-13-22(33-23(21)25(29)30-4)18-9-11-26(2,3)12-10-18/h13,17-20H,5-12,14-16H2,1-4H3. The highest BCUT2D eigenvalue weighted by Crippen LogP contribution is 2.47. The fraction of sp³-hybridized carbons (Fsp3) is 0.769. The Bertz CT molecular complexity index is 826. The van der Waals surface area contributed by atoms with Crippen molar-refractivity contribution in [2.24, 2.45) is 17.3 Å². The van der Waals surface area contributed by atoms with Gasteiger partial charge in [0.1, 0.15) is 11.7 Å². The monoisotopic (exact) mass is 477 g/mol. The van der Waals surface area contributed by atoms with Crippen molar-refractivity contribution in [1.82, 2.24) is 0 Å². The van der Waals surface area contributed by atoms with E-state index in [1.165, 1.54) is 36.2 Å². The topological polar surface area (TPSA) is 65.1 Å². The molecule has 2 saturated carbocycles. The fourth-order valence-electron chi connectivity index (χ4n) is 5.53. The number of nitrogens with zero attached hydrogens (tertiary/aromatic N) is 1. The molecule has 3 fully saturated rings. The van der Waals surface area contributed by atoms with Gasteiger partial charge in [0.05, 0.1) is 32.1 Å². The largest absolute Gasteiger partial charge is 0.465 e. The Kier molecular flexibility index (Phi) is 7.81. The van der Waals surface area contributed by atoms with Gasteiger partial charge in [-0.2, -0.15) is 0 Å². The summed E-state index contributed by atoms with van der Waals surface area (Å²) in [6.07, 6.45) is 8.49. The van der Waals surface area contributed by atoms with Crippen LogP contribution < -0.4 is 4.90 Å². The first-order valence-corrected chi connectivity index (χ1v) is 13.3. The number of carbonyl (C=O) groups is 2. The van der Waals surface area contributed by atoms with Crippen molar-refractivity contribution >= 4 is 28.9 Å². The molecule has 0 spiro atoms. The second kappa shape index (κ2) is 10.4. The summed E-state index contributed by atoms with van der Waals surface area (Å²) in [5.41, 5.74) is 1.06. The number of hydrogen-bond acceptors (Lipinski definition) is 6. The molecule has 4 rings (SSSR count). The first kappa shape index (κ1) is 24.7. The van der Waals surface area contributed by atoms with Gasteiger partial charge in [0.2, 0.25) is 5.91 Å². The molecule has 0 unspecified atom stereocenters. The van der Waals surface area contributed by atoms with Crippen LogP contribution in [0.25, 0.3) is 0 Å². The number of carbonyl (C=O) groups excluding carboxylic acids is 2. The van der Waals surface area contributed by atoms with E-state index in [-0.39, 0.29) is 30.6 Å². The minimum Gasteiger partial charge on any atom is -0.465 e. The van der Waals surface area contributed by atoms with Gasteiger partial charge in [0.25, 0.3) is 0 Å². The van der Waals surface area contributed by atoms with Crippen LogP contribution in [0.15, 0.2) is 6.07 Å². The molecule has 6 nitrogen and oxygen atoms in total. The van der Waals surface area contributed by atoms with Crippen LogP contribution in [0.5, 0.6) is 0 Å². The summed E-state index contributed by atoms with van der Waals surface area (Å²) in [6.45, 7) is 7.99. The third kappa shape index (κ3) is 5.63. The minimum atomic E-state index is -0.370. The Morgan fingerprint density at radius 1 is 1.06 bits per heavy atom. The van der Waals surface area contributed by atoms with E-state index in [1.807, 2.05) is 4.90 Å². The molecule has 184 valence electrons. The summed E-state index contributed by atoms with van der Waals surface area (Å²) in [7, 11) is 1.41. The van der Waals surface area contributed by atoms with E-state index >= 15 is 0 Å². The average Bonchev–Trinajstić information content (AvgIpc) is 3.24. The quantitative estimate of drug-likeness (QED) is 0.505. The molecule has 3 aliphatic rings. The first-order chi connectivity index (χ1) is 15.8. The maximum atomic E-state index is 13.9. The predicted octanol–water partition coefficient (Wildman–Crippen LogP) is 5.75. The molecular formula is C26H39NO5S. The number of amides is 1. The molecule has 7 heteroatoms. The number of hydrogen-bond donors (Lipinski definition) is 0. The summed E-state index contributed by atoms with van der Waals surface area (Å²) >= 11 is 1.51. The van der Waals surface area contributed by atoms with Crippen molar-refractivity contribution in [3.8, 4) is 0 Å². The molecular weight excluding hydrogens is 438 g/mol. The van der Waals surface area contributed by atoms with Crippen molar-refractivity contribution < 1.29 is 23.8 Å². The second-order valence-electron chi connectivity index (χ2n) is 11.0. The Hall–Kier alpha value is -1.44. The van der Waals surface area contributed by atoms with Gasteiger partial charge in [-0.05, 0) is 74.7 Å². The Morgan fingerprint density at radius 2 is 1.70 bits per heavy atom. The Morgan fingerprint density at radius 3 is 2.30 bits per heavy atom. The van der Waals surface area contributed by atoms with Gasteiger partial charge in [0.15, 0.2) is 0 Å². The van der Waals surface area contributed by atoms with Crippen LogP contribution in [-0.4, -0.2) is 45.0 Å². The maximum absolute atomic E-state index is 13.9. The number of rotatable bonds is 5. The zero-order chi connectivity index (χ0) is 23.6. The molecule has 0 bridgehead atoms. The molecule has 0 atom stereocenters. The van der Waals surface area contributed by atoms with Gasteiger partial charge in [-0.1, -0.05) is 20.8 Å². The molecule has 1 amide bonds. The van der Waals surface area contributed by atoms with Crippen LogP contribution in [0.4, 0.5) is 5.69 Å². The summed E-state index contributed by atoms with van der Waals surface area (Å²) in [5.74, 6) is 0.794. The second-order valence-corrected chi connectivity index (χ2v) is 12.1. The number of esters is 1. The number of thiophene rings is 1. The third-order valence-electron chi connectivity index (χ3n) is 7.86. The van der Waals surface area contributed by atoms with E-state index in [0.29, 0.717) is 41.0 Å². The Labute approximate surface area is 202 Å². The van der Waals surface area contributed by atoms with E-state index in [1.54, 1.807) is 0 Å². The smallest absolute Gasteiger partial charge is 0.350 e. The molecule has 0 aromatic carbocycles. The highest BCUT2D eigenvalue weighted by Gasteiger charge is 2.38. The van der Waals surface area contributed by atoms with Crippen LogP contribution in [0.1, 0.15) is 92.6 Å². The van der Waals surface area contributed by atoms with E-state index in [4.69, 9.17) is 14.2 Å². The lowest BCUT2D eigenvalue weighted by molar-refractivity contribution is -0.131. The molecule has 1 aromatic heterocycles. The van der Waals surface area contributed by atoms with Gasteiger partial charge in [0, 0.05) is 10.8 Å². The van der Waals surface area contributed by atoms with Crippen LogP contribution in [0.3, 0.4) is 0 Å². The molecule has 2 heterocycles. The molecule has 1 saturated heterocycles. The van der Waals surface area contributed by atoms with Gasteiger partial charge in [-0.25, -0.2) is 4.79 Å². The van der Waals surface area contributed by atoms with Gasteiger partial charge >= 0.3 is 5.97 Å². The van der Waals surface area contributed by atoms with Crippen molar-refractivity contribution in [2.45, 2.75) is 84.1 Å². The molecule has 0 N–H and O–H groups in total. The summed E-state index contributed by atoms with van der Waals surface area (Å²) in [4.78, 5) is 30.3. The number of methoxy groups -OCH3 is 1. The molecule has 0 radical (unpaired) electrons. The normalized spacial score (nSPS) is 26.7. The molecule has 2 aliphatic carbocycles. The summed E-state index contributed by atoms with van der Waals surface area (Å²) in [6, 6.07) is 1.86. The van der Waals surface area contributed by atoms with Crippen molar-refractivity contribution in [3.05, 3.63) is 15.8 Å². The number of ether oxygens (including phenoxy) is 3. The highest BCUT2D eigenvalue weighted by atomic mass is 32.1. The van der Waals surface area contributed by atoms with Crippen LogP contribution in [0, 0.1) is 17.3 Å². The predicted molar refractivity (Wildman–Crippen MR) is 130 cm³/mol. The third-order valence-corrected chi connectivity index (χ3v) is 9.13. The zero-order valence-corrected chi connectivity index (χ0v) is 21.4.